The Morgan fingerprint density at radius 2 is 1.95 bits per heavy atom. The number of aromatic nitrogens is 1. The molecule has 1 rings (SSSR count). The van der Waals surface area contributed by atoms with Gasteiger partial charge in [-0.1, -0.05) is 0 Å². The van der Waals surface area contributed by atoms with Crippen LogP contribution in [0.4, 0.5) is 29.1 Å². The van der Waals surface area contributed by atoms with Crippen LogP contribution in [0.2, 0.25) is 0 Å². The first-order valence-electron chi connectivity index (χ1n) is 4.95. The summed E-state index contributed by atoms with van der Waals surface area (Å²) in [7, 11) is 0. The predicted octanol–water partition coefficient (Wildman–Crippen LogP) is 1.88. The molecule has 0 aliphatic heterocycles. The van der Waals surface area contributed by atoms with Gasteiger partial charge in [-0.3, -0.25) is 9.59 Å². The normalized spacial score (nSPS) is 11.3. The Bertz CT molecular complexity index is 493. The number of carbonyl (C=O) groups excluding carboxylic acids is 2. The van der Waals surface area contributed by atoms with Gasteiger partial charge in [0.15, 0.2) is 5.82 Å². The highest BCUT2D eigenvalue weighted by Gasteiger charge is 2.49. The first-order valence-corrected chi connectivity index (χ1v) is 4.95. The van der Waals surface area contributed by atoms with Crippen molar-refractivity contribution in [1.82, 2.24) is 4.98 Å². The Kier molecular flexibility index (Phi) is 4.41. The molecule has 0 radical (unpaired) electrons. The highest BCUT2D eigenvalue weighted by Crippen LogP contribution is 2.26. The number of alkyl halides is 4. The Morgan fingerprint density at radius 1 is 1.32 bits per heavy atom. The molecule has 0 aliphatic rings. The van der Waals surface area contributed by atoms with Gasteiger partial charge in [-0.05, 0) is 12.1 Å². The summed E-state index contributed by atoms with van der Waals surface area (Å²) in [4.78, 5) is 25.4. The van der Waals surface area contributed by atoms with Crippen LogP contribution < -0.4 is 10.6 Å². The van der Waals surface area contributed by atoms with Crippen LogP contribution in [0, 0.1) is 0 Å². The second kappa shape index (κ2) is 5.63. The molecule has 0 unspecified atom stereocenters. The summed E-state index contributed by atoms with van der Waals surface area (Å²) < 4.78 is 49.4. The molecule has 1 aromatic heterocycles. The SMILES string of the molecule is CC(=O)Nc1cccnc1NC(=O)C(F)(F)C(F)F. The Morgan fingerprint density at radius 3 is 2.47 bits per heavy atom. The van der Waals surface area contributed by atoms with Gasteiger partial charge in [-0.15, -0.1) is 0 Å². The molecule has 2 N–H and O–H groups in total. The van der Waals surface area contributed by atoms with Crippen molar-refractivity contribution in [1.29, 1.82) is 0 Å². The number of carbonyl (C=O) groups is 2. The largest absolute Gasteiger partial charge is 0.383 e. The smallest absolute Gasteiger partial charge is 0.323 e. The van der Waals surface area contributed by atoms with Crippen molar-refractivity contribution in [3.63, 3.8) is 0 Å². The molecule has 0 spiro atoms. The number of rotatable bonds is 4. The van der Waals surface area contributed by atoms with Crippen LogP contribution in [0.25, 0.3) is 0 Å². The fourth-order valence-corrected chi connectivity index (χ4v) is 1.09. The number of pyridine rings is 1. The topological polar surface area (TPSA) is 71.1 Å². The molecular weight excluding hydrogens is 270 g/mol. The molecular formula is C10H9F4N3O2. The molecule has 5 nitrogen and oxygen atoms in total. The zero-order chi connectivity index (χ0) is 14.6. The summed E-state index contributed by atoms with van der Waals surface area (Å²) in [6.45, 7) is 1.15. The minimum absolute atomic E-state index is 0.0755. The molecule has 0 aliphatic carbocycles. The maximum Gasteiger partial charge on any atom is 0.383 e. The summed E-state index contributed by atoms with van der Waals surface area (Å²) >= 11 is 0. The van der Waals surface area contributed by atoms with E-state index in [1.807, 2.05) is 0 Å². The van der Waals surface area contributed by atoms with Crippen LogP contribution in [0.15, 0.2) is 18.3 Å². The fraction of sp³-hybridized carbons (Fsp3) is 0.300. The van der Waals surface area contributed by atoms with E-state index in [1.54, 1.807) is 5.32 Å². The van der Waals surface area contributed by atoms with Crippen molar-refractivity contribution in [3.05, 3.63) is 18.3 Å². The third-order valence-electron chi connectivity index (χ3n) is 1.93. The lowest BCUT2D eigenvalue weighted by Crippen LogP contribution is -2.41. The summed E-state index contributed by atoms with van der Waals surface area (Å²) in [5, 5.41) is 3.75. The van der Waals surface area contributed by atoms with E-state index in [9.17, 15) is 27.2 Å². The quantitative estimate of drug-likeness (QED) is 0.827. The number of anilines is 2. The average Bonchev–Trinajstić information content (AvgIpc) is 2.30. The number of nitrogens with zero attached hydrogens (tertiary/aromatic N) is 1. The number of halogens is 4. The average molecular weight is 279 g/mol. The standard InChI is InChI=1S/C10H9F4N3O2/c1-5(18)16-6-3-2-4-15-7(6)17-9(19)10(13,14)8(11)12/h2-4,8H,1H3,(H,16,18)(H,15,17,19). The van der Waals surface area contributed by atoms with Gasteiger partial charge in [-0.2, -0.15) is 8.78 Å². The van der Waals surface area contributed by atoms with Gasteiger partial charge in [0.25, 0.3) is 0 Å². The maximum absolute atomic E-state index is 12.7. The van der Waals surface area contributed by atoms with E-state index in [0.717, 1.165) is 13.1 Å². The molecule has 0 saturated heterocycles. The van der Waals surface area contributed by atoms with Crippen molar-refractivity contribution in [2.45, 2.75) is 19.3 Å². The minimum Gasteiger partial charge on any atom is -0.323 e. The summed E-state index contributed by atoms with van der Waals surface area (Å²) in [6, 6.07) is 2.64. The van der Waals surface area contributed by atoms with Gasteiger partial charge in [0, 0.05) is 13.1 Å². The molecule has 0 aromatic carbocycles. The van der Waals surface area contributed by atoms with Crippen LogP contribution in [-0.2, 0) is 9.59 Å². The van der Waals surface area contributed by atoms with Gasteiger partial charge >= 0.3 is 18.3 Å². The lowest BCUT2D eigenvalue weighted by atomic mass is 10.3. The van der Waals surface area contributed by atoms with Crippen LogP contribution >= 0.6 is 0 Å². The fourth-order valence-electron chi connectivity index (χ4n) is 1.09. The highest BCUT2D eigenvalue weighted by atomic mass is 19.3. The molecule has 0 atom stereocenters. The van der Waals surface area contributed by atoms with Gasteiger partial charge < -0.3 is 10.6 Å². The van der Waals surface area contributed by atoms with Crippen molar-refractivity contribution in [2.75, 3.05) is 10.6 Å². The first kappa shape index (κ1) is 14.9. The molecule has 104 valence electrons. The van der Waals surface area contributed by atoms with Crippen molar-refractivity contribution in [2.24, 2.45) is 0 Å². The van der Waals surface area contributed by atoms with Crippen molar-refractivity contribution < 1.29 is 27.2 Å². The zero-order valence-electron chi connectivity index (χ0n) is 9.58. The van der Waals surface area contributed by atoms with Gasteiger partial charge in [0.2, 0.25) is 5.91 Å². The lowest BCUT2D eigenvalue weighted by molar-refractivity contribution is -0.163. The molecule has 1 heterocycles. The summed E-state index contributed by atoms with van der Waals surface area (Å²) in [6.07, 6.45) is -3.00. The van der Waals surface area contributed by atoms with Crippen molar-refractivity contribution >= 4 is 23.3 Å². The van der Waals surface area contributed by atoms with Gasteiger partial charge in [-0.25, -0.2) is 13.8 Å². The molecule has 9 heteroatoms. The Hall–Kier alpha value is -2.19. The molecule has 0 bridgehead atoms. The van der Waals surface area contributed by atoms with Crippen LogP contribution in [0.5, 0.6) is 0 Å². The summed E-state index contributed by atoms with van der Waals surface area (Å²) in [5.74, 6) is -8.02. The third-order valence-corrected chi connectivity index (χ3v) is 1.93. The van der Waals surface area contributed by atoms with E-state index in [2.05, 4.69) is 10.3 Å². The number of hydrogen-bond donors (Lipinski definition) is 2. The number of hydrogen-bond acceptors (Lipinski definition) is 3. The predicted molar refractivity (Wildman–Crippen MR) is 58.1 cm³/mol. The van der Waals surface area contributed by atoms with E-state index in [-0.39, 0.29) is 5.69 Å². The van der Waals surface area contributed by atoms with E-state index in [0.29, 0.717) is 0 Å². The van der Waals surface area contributed by atoms with Crippen LogP contribution in [-0.4, -0.2) is 29.1 Å². The third kappa shape index (κ3) is 3.63. The lowest BCUT2D eigenvalue weighted by Gasteiger charge is -2.15. The molecule has 0 fully saturated rings. The summed E-state index contributed by atoms with van der Waals surface area (Å²) in [5.41, 5.74) is -0.0755. The maximum atomic E-state index is 12.7. The number of nitrogens with one attached hydrogen (secondary N) is 2. The minimum atomic E-state index is -4.84. The van der Waals surface area contributed by atoms with Crippen molar-refractivity contribution in [3.8, 4) is 0 Å². The Balaban J connectivity index is 2.94. The van der Waals surface area contributed by atoms with E-state index in [4.69, 9.17) is 0 Å². The van der Waals surface area contributed by atoms with Gasteiger partial charge in [0.05, 0.1) is 5.69 Å². The first-order chi connectivity index (χ1) is 8.75. The van der Waals surface area contributed by atoms with Gasteiger partial charge in [0.1, 0.15) is 0 Å². The van der Waals surface area contributed by atoms with Crippen LogP contribution in [0.1, 0.15) is 6.92 Å². The molecule has 19 heavy (non-hydrogen) atoms. The second-order valence-electron chi connectivity index (χ2n) is 3.46. The zero-order valence-corrected chi connectivity index (χ0v) is 9.58. The molecule has 1 aromatic rings. The highest BCUT2D eigenvalue weighted by molar-refractivity contribution is 6.00. The molecule has 0 saturated carbocycles. The second-order valence-corrected chi connectivity index (χ2v) is 3.46. The van der Waals surface area contributed by atoms with E-state index < -0.39 is 30.0 Å². The molecule has 2 amide bonds. The van der Waals surface area contributed by atoms with E-state index >= 15 is 0 Å². The monoisotopic (exact) mass is 279 g/mol. The van der Waals surface area contributed by atoms with Crippen LogP contribution in [0.3, 0.4) is 0 Å². The van der Waals surface area contributed by atoms with E-state index in [1.165, 1.54) is 12.1 Å². The number of amides is 2. The Labute approximate surface area is 105 Å².